The molecule has 0 bridgehead atoms. The van der Waals surface area contributed by atoms with E-state index in [4.69, 9.17) is 15.0 Å². The van der Waals surface area contributed by atoms with Crippen molar-refractivity contribution in [1.29, 1.82) is 0 Å². The van der Waals surface area contributed by atoms with Crippen LogP contribution >= 0.6 is 24.0 Å². The van der Waals surface area contributed by atoms with E-state index in [0.717, 1.165) is 5.56 Å². The van der Waals surface area contributed by atoms with Crippen LogP contribution in [0.2, 0.25) is 0 Å². The zero-order valence-electron chi connectivity index (χ0n) is 10.1. The van der Waals surface area contributed by atoms with Crippen LogP contribution in [0.3, 0.4) is 0 Å². The molecule has 0 aliphatic carbocycles. The molecule has 0 radical (unpaired) electrons. The summed E-state index contributed by atoms with van der Waals surface area (Å²) >= 11 is 6.61. The largest absolute Gasteiger partial charge is 0.394 e. The molecule has 1 aliphatic heterocycles. The van der Waals surface area contributed by atoms with Crippen LogP contribution in [-0.4, -0.2) is 32.7 Å². The highest BCUT2D eigenvalue weighted by Crippen LogP contribution is 2.25. The van der Waals surface area contributed by atoms with Crippen LogP contribution in [0.25, 0.3) is 0 Å². The number of benzene rings is 1. The Kier molecular flexibility index (Phi) is 2.83. The third kappa shape index (κ3) is 2.51. The molecule has 1 fully saturated rings. The number of aliphatic hydroxyl groups is 1. The van der Waals surface area contributed by atoms with E-state index in [1.165, 1.54) is 11.8 Å². The van der Waals surface area contributed by atoms with E-state index in [-0.39, 0.29) is 0 Å². The molecule has 80 valence electrons. The molecule has 4 heteroatoms. The molecular weight excluding hydrogens is 226 g/mol. The van der Waals surface area contributed by atoms with Crippen molar-refractivity contribution in [2.45, 2.75) is 12.6 Å². The monoisotopic (exact) mass is 241 g/mol. The summed E-state index contributed by atoms with van der Waals surface area (Å²) in [5.41, 5.74) is 1.06. The summed E-state index contributed by atoms with van der Waals surface area (Å²) < 4.78 is 15.5. The Balaban J connectivity index is 2.15. The lowest BCUT2D eigenvalue weighted by atomic mass is 10.2. The summed E-state index contributed by atoms with van der Waals surface area (Å²) in [6.07, 6.45) is 0. The summed E-state index contributed by atoms with van der Waals surface area (Å²) in [5, 5.41) is 9.50. The Hall–Kier alpha value is -0.580. The van der Waals surface area contributed by atoms with Crippen LogP contribution in [0, 0.1) is 0 Å². The van der Waals surface area contributed by atoms with E-state index >= 15 is 0 Å². The van der Waals surface area contributed by atoms with Crippen LogP contribution in [0.4, 0.5) is 0 Å². The molecule has 1 aromatic carbocycles. The average Bonchev–Trinajstić information content (AvgIpc) is 2.62. The van der Waals surface area contributed by atoms with Crippen LogP contribution in [-0.2, 0) is 6.54 Å². The lowest BCUT2D eigenvalue weighted by Crippen LogP contribution is -2.35. The number of thioether (sulfide) groups is 1. The number of hydrogen-bond donors (Lipinski definition) is 1. The van der Waals surface area contributed by atoms with Gasteiger partial charge in [-0.3, -0.25) is 0 Å². The van der Waals surface area contributed by atoms with Crippen molar-refractivity contribution in [3.63, 3.8) is 0 Å². The van der Waals surface area contributed by atoms with E-state index in [2.05, 4.69) is 0 Å². The summed E-state index contributed by atoms with van der Waals surface area (Å²) in [6.45, 7) is -1.68. The van der Waals surface area contributed by atoms with E-state index in [0.29, 0.717) is 16.6 Å². The number of hydrogen-bond acceptors (Lipinski definition) is 3. The van der Waals surface area contributed by atoms with Crippen molar-refractivity contribution in [3.8, 4) is 0 Å². The molecule has 1 saturated heterocycles. The number of rotatable bonds is 3. The fourth-order valence-electron chi connectivity index (χ4n) is 1.51. The maximum atomic E-state index is 9.50. The number of nitrogens with zero attached hydrogens (tertiary/aromatic N) is 1. The molecule has 1 N–H and O–H groups in total. The molecule has 2 nitrogen and oxygen atoms in total. The molecular formula is C11H13NOS2. The first-order valence-corrected chi connectivity index (χ1v) is 6.07. The molecule has 2 rings (SSSR count). The van der Waals surface area contributed by atoms with Gasteiger partial charge in [0.25, 0.3) is 0 Å². The van der Waals surface area contributed by atoms with Crippen LogP contribution in [0.5, 0.6) is 0 Å². The zero-order valence-corrected chi connectivity index (χ0v) is 9.72. The van der Waals surface area contributed by atoms with Gasteiger partial charge in [-0.2, -0.15) is 0 Å². The Morgan fingerprint density at radius 1 is 1.53 bits per heavy atom. The second-order valence-electron chi connectivity index (χ2n) is 3.34. The zero-order chi connectivity index (χ0) is 12.5. The smallest absolute Gasteiger partial charge is 0.137 e. The van der Waals surface area contributed by atoms with Gasteiger partial charge in [0.05, 0.1) is 15.3 Å². The molecule has 1 aliphatic rings. The van der Waals surface area contributed by atoms with Gasteiger partial charge in [0.1, 0.15) is 4.32 Å². The van der Waals surface area contributed by atoms with Gasteiger partial charge in [0, 0.05) is 12.3 Å². The standard InChI is InChI=1S/C11H13NOS2/c13-7-10-8-15-11(14)12(10)6-9-4-2-1-3-5-9/h1-5,10,13H,6-8H2/i7D2. The van der Waals surface area contributed by atoms with Gasteiger partial charge in [0.15, 0.2) is 0 Å². The lowest BCUT2D eigenvalue weighted by molar-refractivity contribution is 0.199. The van der Waals surface area contributed by atoms with Crippen molar-refractivity contribution in [1.82, 2.24) is 4.90 Å². The molecule has 0 saturated carbocycles. The second-order valence-corrected chi connectivity index (χ2v) is 4.99. The molecule has 1 unspecified atom stereocenters. The lowest BCUT2D eigenvalue weighted by Gasteiger charge is -2.23. The Morgan fingerprint density at radius 3 is 2.93 bits per heavy atom. The highest BCUT2D eigenvalue weighted by Gasteiger charge is 2.27. The van der Waals surface area contributed by atoms with Crippen molar-refractivity contribution in [2.75, 3.05) is 12.3 Å². The van der Waals surface area contributed by atoms with Gasteiger partial charge < -0.3 is 10.0 Å². The topological polar surface area (TPSA) is 23.5 Å². The summed E-state index contributed by atoms with van der Waals surface area (Å²) in [5.74, 6) is 0.495. The SMILES string of the molecule is [2H]C([2H])(O)C1CSC(=S)N1Cc1ccccc1. The Bertz CT molecular complexity index is 408. The van der Waals surface area contributed by atoms with Crippen LogP contribution in [0.1, 0.15) is 8.30 Å². The summed E-state index contributed by atoms with van der Waals surface area (Å²) in [7, 11) is 0. The molecule has 0 spiro atoms. The minimum absolute atomic E-state index is 0.495. The Labute approximate surface area is 102 Å². The van der Waals surface area contributed by atoms with Gasteiger partial charge in [-0.15, -0.1) is 0 Å². The molecule has 0 aromatic heterocycles. The predicted octanol–water partition coefficient (Wildman–Crippen LogP) is 1.88. The summed E-state index contributed by atoms with van der Waals surface area (Å²) in [4.78, 5) is 1.76. The van der Waals surface area contributed by atoms with E-state index in [1.54, 1.807) is 4.90 Å². The predicted molar refractivity (Wildman–Crippen MR) is 67.9 cm³/mol. The minimum Gasteiger partial charge on any atom is -0.394 e. The van der Waals surface area contributed by atoms with Crippen molar-refractivity contribution in [2.24, 2.45) is 0 Å². The fraction of sp³-hybridized carbons (Fsp3) is 0.364. The van der Waals surface area contributed by atoms with Gasteiger partial charge in [-0.05, 0) is 5.56 Å². The second kappa shape index (κ2) is 4.96. The van der Waals surface area contributed by atoms with Gasteiger partial charge in [-0.25, -0.2) is 0 Å². The number of thiocarbonyl (C=S) groups is 1. The van der Waals surface area contributed by atoms with E-state index in [9.17, 15) is 5.11 Å². The Morgan fingerprint density at radius 2 is 2.27 bits per heavy atom. The van der Waals surface area contributed by atoms with Gasteiger partial charge in [-0.1, -0.05) is 54.3 Å². The van der Waals surface area contributed by atoms with Gasteiger partial charge in [0.2, 0.25) is 0 Å². The molecule has 1 atom stereocenters. The van der Waals surface area contributed by atoms with Gasteiger partial charge >= 0.3 is 0 Å². The summed E-state index contributed by atoms with van der Waals surface area (Å²) in [6, 6.07) is 9.17. The third-order valence-electron chi connectivity index (χ3n) is 2.32. The maximum absolute atomic E-state index is 9.50. The molecule has 0 amide bonds. The molecule has 15 heavy (non-hydrogen) atoms. The highest BCUT2D eigenvalue weighted by molar-refractivity contribution is 8.23. The fourth-order valence-corrected chi connectivity index (χ4v) is 2.82. The average molecular weight is 241 g/mol. The van der Waals surface area contributed by atoms with E-state index < -0.39 is 12.6 Å². The molecule has 1 aromatic rings. The quantitative estimate of drug-likeness (QED) is 0.816. The highest BCUT2D eigenvalue weighted by atomic mass is 32.2. The maximum Gasteiger partial charge on any atom is 0.137 e. The van der Waals surface area contributed by atoms with Crippen molar-refractivity contribution >= 4 is 28.3 Å². The van der Waals surface area contributed by atoms with Crippen molar-refractivity contribution in [3.05, 3.63) is 35.9 Å². The minimum atomic E-state index is -2.22. The van der Waals surface area contributed by atoms with Crippen LogP contribution in [0.15, 0.2) is 30.3 Å². The van der Waals surface area contributed by atoms with E-state index in [1.807, 2.05) is 30.3 Å². The van der Waals surface area contributed by atoms with Crippen molar-refractivity contribution < 1.29 is 7.85 Å². The normalized spacial score (nSPS) is 23.9. The first-order valence-electron chi connectivity index (χ1n) is 5.68. The third-order valence-corrected chi connectivity index (χ3v) is 3.87. The molecule has 1 heterocycles. The van der Waals surface area contributed by atoms with Crippen LogP contribution < -0.4 is 0 Å². The first kappa shape index (κ1) is 8.56. The first-order chi connectivity index (χ1) is 7.98.